The summed E-state index contributed by atoms with van der Waals surface area (Å²) in [6.45, 7) is 3.57. The molecule has 0 unspecified atom stereocenters. The van der Waals surface area contributed by atoms with E-state index in [0.29, 0.717) is 0 Å². The molecule has 0 fully saturated rings. The van der Waals surface area contributed by atoms with E-state index >= 15 is 0 Å². The van der Waals surface area contributed by atoms with Crippen LogP contribution in [0.2, 0.25) is 0 Å². The number of nitrogens with one attached hydrogen (secondary N) is 2. The monoisotopic (exact) mass is 755 g/mol. The molecule has 2 aliphatic rings. The molecule has 16 nitrogen and oxygen atoms in total. The van der Waals surface area contributed by atoms with Crippen molar-refractivity contribution in [2.24, 2.45) is 9.98 Å². The molecule has 0 saturated carbocycles. The maximum atomic E-state index is 13.8. The summed E-state index contributed by atoms with van der Waals surface area (Å²) in [5.41, 5.74) is -0.397. The van der Waals surface area contributed by atoms with Gasteiger partial charge in [0.15, 0.2) is 12.1 Å². The number of carbonyl (C=O) groups is 3. The molecule has 1 radical (unpaired) electrons. The normalized spacial score (nSPS) is 19.0. The number of hydrogen-bond acceptors (Lipinski definition) is 13. The van der Waals surface area contributed by atoms with Crippen molar-refractivity contribution in [2.45, 2.75) is 51.0 Å². The Balaban J connectivity index is 0.00000605. The average molecular weight is 756 g/mol. The van der Waals surface area contributed by atoms with Crippen LogP contribution >= 0.6 is 0 Å². The molecular weight excluding hydrogens is 722 g/mol. The molecule has 4 atom stereocenters. The minimum atomic E-state index is -1.07. The zero-order chi connectivity index (χ0) is 36.8. The van der Waals surface area contributed by atoms with Gasteiger partial charge in [-0.2, -0.15) is 0 Å². The van der Waals surface area contributed by atoms with Gasteiger partial charge in [0.1, 0.15) is 12.2 Å². The van der Waals surface area contributed by atoms with Crippen LogP contribution in [-0.4, -0.2) is 84.9 Å². The quantitative estimate of drug-likeness (QED) is 0.143. The van der Waals surface area contributed by atoms with E-state index in [1.165, 1.54) is 41.3 Å². The van der Waals surface area contributed by atoms with E-state index < -0.39 is 76.5 Å². The topological polar surface area (TPSA) is 260 Å². The standard InChI is InChI=1S/C35H39N5O11.Fe/c1-18-26(38-33(50-18)21-9-4-12-24(42)29(21)45)32(48)37-15-7-17-40(16-6-14-36-31(47)20-8-3-11-23(41)28(20)44)35(49)27-19(2)51-34(39-27)22-10-5-13-25(43)30(22)46;/h3-5,8-13,18-19,26-27,41-46H,6-7,14-17H2,1-2H3,(H,36,47)(H,37,48);/q;+3/p-6/t18-,19+,26+,27-;/m0./s1. The minimum Gasteiger partial charge on any atom is -0.873 e. The Morgan fingerprint density at radius 1 is 0.673 bits per heavy atom. The van der Waals surface area contributed by atoms with Crippen LogP contribution in [0.5, 0.6) is 34.5 Å². The summed E-state index contributed by atoms with van der Waals surface area (Å²) in [7, 11) is 0. The molecule has 2 N–H and O–H groups in total. The van der Waals surface area contributed by atoms with Crippen LogP contribution in [0.1, 0.15) is 48.2 Å². The number of rotatable bonds is 13. The van der Waals surface area contributed by atoms with Crippen molar-refractivity contribution in [3.63, 3.8) is 0 Å². The zero-order valence-electron chi connectivity index (χ0n) is 27.9. The van der Waals surface area contributed by atoms with Crippen LogP contribution in [-0.2, 0) is 36.1 Å². The summed E-state index contributed by atoms with van der Waals surface area (Å²) < 4.78 is 11.3. The minimum absolute atomic E-state index is 0. The van der Waals surface area contributed by atoms with Gasteiger partial charge in [-0.05, 0) is 26.7 Å². The molecule has 3 aromatic rings. The summed E-state index contributed by atoms with van der Waals surface area (Å²) in [5.74, 6) is -6.72. The van der Waals surface area contributed by atoms with Gasteiger partial charge in [-0.1, -0.05) is 54.6 Å². The van der Waals surface area contributed by atoms with Crippen molar-refractivity contribution < 1.29 is 71.6 Å². The molecule has 0 saturated heterocycles. The second-order valence-electron chi connectivity index (χ2n) is 11.9. The molecule has 5 rings (SSSR count). The Morgan fingerprint density at radius 2 is 1.13 bits per heavy atom. The maximum absolute atomic E-state index is 13.8. The van der Waals surface area contributed by atoms with Gasteiger partial charge < -0.3 is 55.6 Å². The first-order valence-electron chi connectivity index (χ1n) is 16.1. The number of aliphatic imine (C=N–C) groups is 2. The average Bonchev–Trinajstić information content (AvgIpc) is 3.69. The first-order chi connectivity index (χ1) is 24.4. The SMILES string of the molecule is C[C@@H]1OC(c2cccc([O-])c2[O-])=N[C@H]1C(=O)NCCCN(CCCNC(=O)c1cccc([O-])c1[O-])C(=O)[C@H]1N=C(c2cccc([O-])c2[O-])O[C@@H]1C.[Fe+3]. The van der Waals surface area contributed by atoms with Crippen LogP contribution in [0, 0.1) is 0 Å². The van der Waals surface area contributed by atoms with Crippen LogP contribution < -0.4 is 41.3 Å². The van der Waals surface area contributed by atoms with Crippen LogP contribution in [0.25, 0.3) is 0 Å². The Kier molecular flexibility index (Phi) is 12.8. The summed E-state index contributed by atoms with van der Waals surface area (Å²) in [6.07, 6.45) is -1.00. The molecule has 2 aliphatic heterocycles. The largest absolute Gasteiger partial charge is 3.00 e. The summed E-state index contributed by atoms with van der Waals surface area (Å²) in [4.78, 5) is 49.3. The Bertz CT molecular complexity index is 1870. The Hall–Kier alpha value is -5.67. The van der Waals surface area contributed by atoms with E-state index in [1.54, 1.807) is 13.8 Å². The van der Waals surface area contributed by atoms with Crippen molar-refractivity contribution in [2.75, 3.05) is 26.2 Å². The number of carbonyl (C=O) groups excluding carboxylic acids is 3. The molecular formula is C35H33FeN5O11-3. The van der Waals surface area contributed by atoms with Gasteiger partial charge in [0, 0.05) is 42.9 Å². The van der Waals surface area contributed by atoms with E-state index in [0.717, 1.165) is 18.2 Å². The first-order valence-corrected chi connectivity index (χ1v) is 16.1. The van der Waals surface area contributed by atoms with Gasteiger partial charge in [0.2, 0.25) is 17.7 Å². The number of ether oxygens (including phenoxy) is 2. The van der Waals surface area contributed by atoms with Crippen molar-refractivity contribution in [3.8, 4) is 34.5 Å². The van der Waals surface area contributed by atoms with Gasteiger partial charge in [-0.3, -0.25) is 14.4 Å². The smallest absolute Gasteiger partial charge is 0.873 e. The fourth-order valence-corrected chi connectivity index (χ4v) is 5.53. The predicted octanol–water partition coefficient (Wildman–Crippen LogP) is -1.95. The fraction of sp³-hybridized carbons (Fsp3) is 0.343. The number of hydrogen-bond donors (Lipinski definition) is 2. The van der Waals surface area contributed by atoms with Gasteiger partial charge in [-0.15, -0.1) is 34.5 Å². The van der Waals surface area contributed by atoms with E-state index in [9.17, 15) is 45.0 Å². The first kappa shape index (κ1) is 39.1. The van der Waals surface area contributed by atoms with Gasteiger partial charge in [-0.25, -0.2) is 9.98 Å². The van der Waals surface area contributed by atoms with Crippen molar-refractivity contribution in [1.82, 2.24) is 15.5 Å². The predicted molar refractivity (Wildman–Crippen MR) is 169 cm³/mol. The molecule has 3 amide bonds. The van der Waals surface area contributed by atoms with Crippen molar-refractivity contribution in [3.05, 3.63) is 71.3 Å². The van der Waals surface area contributed by atoms with Gasteiger partial charge in [0.25, 0.3) is 11.8 Å². The van der Waals surface area contributed by atoms with Crippen LogP contribution in [0.3, 0.4) is 0 Å². The van der Waals surface area contributed by atoms with Gasteiger partial charge in [0.05, 0.1) is 0 Å². The number of benzene rings is 3. The third-order valence-corrected chi connectivity index (χ3v) is 8.27. The fourth-order valence-electron chi connectivity index (χ4n) is 5.53. The zero-order valence-corrected chi connectivity index (χ0v) is 29.0. The van der Waals surface area contributed by atoms with E-state index in [4.69, 9.17) is 9.47 Å². The Labute approximate surface area is 308 Å². The molecule has 52 heavy (non-hydrogen) atoms. The Morgan fingerprint density at radius 3 is 1.69 bits per heavy atom. The molecule has 0 aromatic heterocycles. The molecule has 17 heteroatoms. The van der Waals surface area contributed by atoms with Crippen molar-refractivity contribution >= 4 is 29.5 Å². The maximum Gasteiger partial charge on any atom is 3.00 e. The molecule has 0 bridgehead atoms. The van der Waals surface area contributed by atoms with Crippen LogP contribution in [0.4, 0.5) is 0 Å². The molecule has 3 aromatic carbocycles. The van der Waals surface area contributed by atoms with Crippen molar-refractivity contribution in [1.29, 1.82) is 0 Å². The molecule has 0 aliphatic carbocycles. The molecule has 2 heterocycles. The molecule has 0 spiro atoms. The van der Waals surface area contributed by atoms with Gasteiger partial charge >= 0.3 is 17.1 Å². The second-order valence-corrected chi connectivity index (χ2v) is 11.9. The second kappa shape index (κ2) is 17.0. The number of para-hydroxylation sites is 3. The summed E-state index contributed by atoms with van der Waals surface area (Å²) in [5, 5.41) is 77.3. The third-order valence-electron chi connectivity index (χ3n) is 8.27. The summed E-state index contributed by atoms with van der Waals surface area (Å²) in [6, 6.07) is 9.35. The van der Waals surface area contributed by atoms with Crippen LogP contribution in [0.15, 0.2) is 64.6 Å². The van der Waals surface area contributed by atoms with E-state index in [1.807, 2.05) is 0 Å². The number of nitrogens with zero attached hydrogens (tertiary/aromatic N) is 3. The summed E-state index contributed by atoms with van der Waals surface area (Å²) >= 11 is 0. The van der Waals surface area contributed by atoms with E-state index in [-0.39, 0.29) is 84.6 Å². The van der Waals surface area contributed by atoms with E-state index in [2.05, 4.69) is 20.6 Å². The number of amides is 3. The molecule has 275 valence electrons. The third kappa shape index (κ3) is 8.61.